The molecule has 0 N–H and O–H groups in total. The fourth-order valence-electron chi connectivity index (χ4n) is 2.45. The number of aromatic nitrogens is 4. The summed E-state index contributed by atoms with van der Waals surface area (Å²) in [5.41, 5.74) is 1.20. The maximum Gasteiger partial charge on any atom is 0.165 e. The first kappa shape index (κ1) is 13.2. The first-order valence-electron chi connectivity index (χ1n) is 6.94. The van der Waals surface area contributed by atoms with E-state index in [4.69, 9.17) is 4.74 Å². The van der Waals surface area contributed by atoms with Crippen LogP contribution in [0.2, 0.25) is 0 Å². The van der Waals surface area contributed by atoms with Crippen molar-refractivity contribution in [3.8, 4) is 0 Å². The van der Waals surface area contributed by atoms with Gasteiger partial charge < -0.3 is 4.74 Å². The van der Waals surface area contributed by atoms with E-state index in [9.17, 15) is 0 Å². The predicted octanol–water partition coefficient (Wildman–Crippen LogP) is 0.942. The molecular weight excluding hydrogens is 254 g/mol. The number of morpholine rings is 1. The lowest BCUT2D eigenvalue weighted by molar-refractivity contribution is -0.0223. The van der Waals surface area contributed by atoms with E-state index < -0.39 is 0 Å². The zero-order valence-corrected chi connectivity index (χ0v) is 11.6. The predicted molar refractivity (Wildman–Crippen MR) is 74.1 cm³/mol. The normalized spacial score (nSPS) is 20.1. The highest BCUT2D eigenvalue weighted by molar-refractivity contribution is 5.14. The average molecular weight is 273 g/mol. The second-order valence-corrected chi connectivity index (χ2v) is 5.15. The Morgan fingerprint density at radius 1 is 1.25 bits per heavy atom. The third-order valence-electron chi connectivity index (χ3n) is 3.47. The topological polar surface area (TPSA) is 56.1 Å². The Morgan fingerprint density at radius 2 is 2.10 bits per heavy atom. The summed E-state index contributed by atoms with van der Waals surface area (Å²) in [6.45, 7) is 6.22. The molecule has 20 heavy (non-hydrogen) atoms. The molecule has 2 aromatic rings. The van der Waals surface area contributed by atoms with Crippen molar-refractivity contribution in [1.29, 1.82) is 0 Å². The minimum Gasteiger partial charge on any atom is -0.376 e. The minimum atomic E-state index is 0.280. The van der Waals surface area contributed by atoms with Crippen molar-refractivity contribution in [2.24, 2.45) is 0 Å². The van der Waals surface area contributed by atoms with Crippen LogP contribution in [-0.2, 0) is 17.8 Å². The second kappa shape index (κ2) is 6.11. The van der Waals surface area contributed by atoms with Gasteiger partial charge in [0.1, 0.15) is 0 Å². The molecule has 1 fully saturated rings. The van der Waals surface area contributed by atoms with Crippen molar-refractivity contribution in [3.05, 3.63) is 41.7 Å². The zero-order chi connectivity index (χ0) is 13.8. The van der Waals surface area contributed by atoms with Crippen LogP contribution in [0.15, 0.2) is 30.3 Å². The van der Waals surface area contributed by atoms with Gasteiger partial charge in [-0.05, 0) is 22.9 Å². The third-order valence-corrected chi connectivity index (χ3v) is 3.47. The van der Waals surface area contributed by atoms with E-state index in [-0.39, 0.29) is 6.10 Å². The van der Waals surface area contributed by atoms with Crippen LogP contribution in [0.1, 0.15) is 18.3 Å². The first-order chi connectivity index (χ1) is 9.81. The fraction of sp³-hybridized carbons (Fsp3) is 0.500. The van der Waals surface area contributed by atoms with Gasteiger partial charge in [-0.25, -0.2) is 4.68 Å². The smallest absolute Gasteiger partial charge is 0.165 e. The summed E-state index contributed by atoms with van der Waals surface area (Å²) in [4.78, 5) is 2.33. The van der Waals surface area contributed by atoms with Gasteiger partial charge in [0.2, 0.25) is 0 Å². The highest BCUT2D eigenvalue weighted by Crippen LogP contribution is 2.09. The molecule has 6 nitrogen and oxygen atoms in total. The van der Waals surface area contributed by atoms with E-state index in [1.807, 2.05) is 22.9 Å². The third kappa shape index (κ3) is 3.20. The lowest BCUT2D eigenvalue weighted by atomic mass is 10.2. The molecule has 106 valence electrons. The van der Waals surface area contributed by atoms with Crippen LogP contribution in [0, 0.1) is 0 Å². The Hall–Kier alpha value is -1.79. The van der Waals surface area contributed by atoms with Crippen LogP contribution in [0.3, 0.4) is 0 Å². The number of hydrogen-bond donors (Lipinski definition) is 0. The Kier molecular flexibility index (Phi) is 4.03. The van der Waals surface area contributed by atoms with Gasteiger partial charge in [-0.2, -0.15) is 0 Å². The Bertz CT molecular complexity index is 542. The molecule has 1 aliphatic heterocycles. The van der Waals surface area contributed by atoms with Crippen molar-refractivity contribution >= 4 is 0 Å². The van der Waals surface area contributed by atoms with Gasteiger partial charge in [-0.1, -0.05) is 30.3 Å². The molecule has 0 amide bonds. The molecule has 1 atom stereocenters. The van der Waals surface area contributed by atoms with Gasteiger partial charge in [0.05, 0.1) is 25.8 Å². The summed E-state index contributed by atoms with van der Waals surface area (Å²) in [6, 6.07) is 10.2. The Balaban J connectivity index is 1.67. The van der Waals surface area contributed by atoms with Crippen molar-refractivity contribution in [2.75, 3.05) is 19.7 Å². The summed E-state index contributed by atoms with van der Waals surface area (Å²) < 4.78 is 7.42. The molecule has 0 radical (unpaired) electrons. The van der Waals surface area contributed by atoms with Gasteiger partial charge in [0.25, 0.3) is 0 Å². The van der Waals surface area contributed by atoms with Crippen LogP contribution < -0.4 is 0 Å². The van der Waals surface area contributed by atoms with E-state index in [1.54, 1.807) is 0 Å². The summed E-state index contributed by atoms with van der Waals surface area (Å²) >= 11 is 0. The number of ether oxygens (including phenoxy) is 1. The summed E-state index contributed by atoms with van der Waals surface area (Å²) in [6.07, 6.45) is 0.280. The second-order valence-electron chi connectivity index (χ2n) is 5.15. The minimum absolute atomic E-state index is 0.280. The molecule has 1 aromatic heterocycles. The van der Waals surface area contributed by atoms with Crippen molar-refractivity contribution in [1.82, 2.24) is 25.1 Å². The van der Waals surface area contributed by atoms with Gasteiger partial charge >= 0.3 is 0 Å². The summed E-state index contributed by atoms with van der Waals surface area (Å²) in [5, 5.41) is 12.1. The van der Waals surface area contributed by atoms with Crippen molar-refractivity contribution in [3.63, 3.8) is 0 Å². The van der Waals surface area contributed by atoms with E-state index >= 15 is 0 Å². The molecule has 2 heterocycles. The fourth-order valence-corrected chi connectivity index (χ4v) is 2.45. The van der Waals surface area contributed by atoms with Gasteiger partial charge in [-0.15, -0.1) is 5.10 Å². The number of benzene rings is 1. The molecule has 0 unspecified atom stereocenters. The van der Waals surface area contributed by atoms with Crippen LogP contribution in [-0.4, -0.2) is 50.9 Å². The maximum absolute atomic E-state index is 5.55. The molecular formula is C14H19N5O. The van der Waals surface area contributed by atoms with Crippen LogP contribution in [0.5, 0.6) is 0 Å². The lowest BCUT2D eigenvalue weighted by Crippen LogP contribution is -2.41. The monoisotopic (exact) mass is 273 g/mol. The van der Waals surface area contributed by atoms with Crippen LogP contribution in [0.25, 0.3) is 0 Å². The average Bonchev–Trinajstić information content (AvgIpc) is 2.87. The van der Waals surface area contributed by atoms with Crippen molar-refractivity contribution in [2.45, 2.75) is 26.1 Å². The number of tetrazole rings is 1. The molecule has 0 bridgehead atoms. The molecule has 1 aliphatic rings. The van der Waals surface area contributed by atoms with E-state index in [2.05, 4.69) is 39.5 Å². The molecule has 0 spiro atoms. The highest BCUT2D eigenvalue weighted by atomic mass is 16.5. The van der Waals surface area contributed by atoms with Gasteiger partial charge in [0.15, 0.2) is 5.82 Å². The first-order valence-corrected chi connectivity index (χ1v) is 6.94. The summed E-state index contributed by atoms with van der Waals surface area (Å²) in [7, 11) is 0. The molecule has 6 heteroatoms. The summed E-state index contributed by atoms with van der Waals surface area (Å²) in [5.74, 6) is 0.906. The Labute approximate surface area is 118 Å². The lowest BCUT2D eigenvalue weighted by Gasteiger charge is -2.30. The van der Waals surface area contributed by atoms with Crippen molar-refractivity contribution < 1.29 is 4.74 Å². The molecule has 0 saturated carbocycles. The molecule has 1 aromatic carbocycles. The van der Waals surface area contributed by atoms with E-state index in [1.165, 1.54) is 5.56 Å². The number of nitrogens with zero attached hydrogens (tertiary/aromatic N) is 5. The van der Waals surface area contributed by atoms with Gasteiger partial charge in [0, 0.05) is 13.1 Å². The van der Waals surface area contributed by atoms with Gasteiger partial charge in [-0.3, -0.25) is 4.90 Å². The standard InChI is InChI=1S/C14H19N5O/c1-12-9-18(7-8-20-12)11-14-15-16-17-19(14)10-13-5-3-2-4-6-13/h2-6,12H,7-11H2,1H3/t12-/m0/s1. The highest BCUT2D eigenvalue weighted by Gasteiger charge is 2.19. The quantitative estimate of drug-likeness (QED) is 0.830. The van der Waals surface area contributed by atoms with Crippen LogP contribution >= 0.6 is 0 Å². The van der Waals surface area contributed by atoms with E-state index in [0.717, 1.165) is 32.1 Å². The molecule has 1 saturated heterocycles. The van der Waals surface area contributed by atoms with Crippen LogP contribution in [0.4, 0.5) is 0 Å². The number of hydrogen-bond acceptors (Lipinski definition) is 5. The maximum atomic E-state index is 5.55. The molecule has 3 rings (SSSR count). The largest absolute Gasteiger partial charge is 0.376 e. The Morgan fingerprint density at radius 3 is 2.90 bits per heavy atom. The SMILES string of the molecule is C[C@H]1CN(Cc2nnnn2Cc2ccccc2)CCO1. The van der Waals surface area contributed by atoms with E-state index in [0.29, 0.717) is 6.54 Å². The number of rotatable bonds is 4. The zero-order valence-electron chi connectivity index (χ0n) is 11.6. The molecule has 0 aliphatic carbocycles.